The van der Waals surface area contributed by atoms with Gasteiger partial charge in [-0.1, -0.05) is 0 Å². The molecule has 0 fully saturated rings. The smallest absolute Gasteiger partial charge is 0.259 e. The summed E-state index contributed by atoms with van der Waals surface area (Å²) in [6, 6.07) is 0. The summed E-state index contributed by atoms with van der Waals surface area (Å²) in [5, 5.41) is 6.50. The van der Waals surface area contributed by atoms with Crippen LogP contribution in [0.25, 0.3) is 0 Å². The lowest BCUT2D eigenvalue weighted by atomic mass is 10.3. The van der Waals surface area contributed by atoms with Gasteiger partial charge >= 0.3 is 0 Å². The first kappa shape index (κ1) is 13.7. The molecule has 0 atom stereocenters. The van der Waals surface area contributed by atoms with Crippen LogP contribution in [0.1, 0.15) is 19.2 Å². The Morgan fingerprint density at radius 3 is 2.89 bits per heavy atom. The second-order valence-corrected chi connectivity index (χ2v) is 5.69. The summed E-state index contributed by atoms with van der Waals surface area (Å²) in [6.45, 7) is 2.94. The van der Waals surface area contributed by atoms with Gasteiger partial charge < -0.3 is 4.57 Å². The molecule has 0 spiro atoms. The van der Waals surface area contributed by atoms with Crippen molar-refractivity contribution in [2.45, 2.75) is 31.3 Å². The van der Waals surface area contributed by atoms with Gasteiger partial charge in [0.15, 0.2) is 5.03 Å². The van der Waals surface area contributed by atoms with Crippen LogP contribution in [0.3, 0.4) is 0 Å². The van der Waals surface area contributed by atoms with Crippen LogP contribution in [-0.4, -0.2) is 39.7 Å². The lowest BCUT2D eigenvalue weighted by Gasteiger charge is -2.03. The summed E-state index contributed by atoms with van der Waals surface area (Å²) in [7, 11) is -3.52. The molecule has 0 saturated carbocycles. The van der Waals surface area contributed by atoms with Gasteiger partial charge in [-0.2, -0.15) is 5.10 Å². The van der Waals surface area contributed by atoms with E-state index < -0.39 is 10.0 Å². The van der Waals surface area contributed by atoms with Gasteiger partial charge in [-0.05, 0) is 13.3 Å². The number of aromatic amines is 1. The fraction of sp³-hybridized carbons (Fsp3) is 0.500. The summed E-state index contributed by atoms with van der Waals surface area (Å²) < 4.78 is 28.0. The Morgan fingerprint density at radius 1 is 1.42 bits per heavy atom. The van der Waals surface area contributed by atoms with Gasteiger partial charge in [-0.15, -0.1) is 0 Å². The second kappa shape index (κ2) is 5.93. The average molecular weight is 284 g/mol. The molecular weight excluding hydrogens is 268 g/mol. The lowest BCUT2D eigenvalue weighted by Crippen LogP contribution is -2.25. The molecule has 2 aromatic heterocycles. The minimum atomic E-state index is -3.52. The van der Waals surface area contributed by atoms with Crippen molar-refractivity contribution in [2.75, 3.05) is 6.54 Å². The molecule has 8 nitrogen and oxygen atoms in total. The van der Waals surface area contributed by atoms with Crippen molar-refractivity contribution >= 4 is 10.0 Å². The Hall–Kier alpha value is -1.74. The zero-order valence-corrected chi connectivity index (χ0v) is 11.4. The first-order valence-corrected chi connectivity index (χ1v) is 7.46. The van der Waals surface area contributed by atoms with E-state index in [1.165, 1.54) is 18.9 Å². The van der Waals surface area contributed by atoms with Crippen molar-refractivity contribution in [3.63, 3.8) is 0 Å². The van der Waals surface area contributed by atoms with Crippen molar-refractivity contribution in [2.24, 2.45) is 0 Å². The third kappa shape index (κ3) is 3.61. The van der Waals surface area contributed by atoms with Gasteiger partial charge in [0.25, 0.3) is 10.0 Å². The molecule has 0 amide bonds. The highest BCUT2D eigenvalue weighted by Crippen LogP contribution is 2.05. The Bertz CT molecular complexity index is 604. The fourth-order valence-electron chi connectivity index (χ4n) is 1.54. The first-order valence-electron chi connectivity index (χ1n) is 5.97. The lowest BCUT2D eigenvalue weighted by molar-refractivity contribution is 0.575. The molecule has 2 N–H and O–H groups in total. The normalized spacial score (nSPS) is 11.8. The highest BCUT2D eigenvalue weighted by molar-refractivity contribution is 7.89. The highest BCUT2D eigenvalue weighted by atomic mass is 32.2. The molecule has 0 aromatic carbocycles. The molecule has 104 valence electrons. The van der Waals surface area contributed by atoms with Gasteiger partial charge in [0.1, 0.15) is 12.2 Å². The number of aromatic nitrogens is 5. The molecule has 0 radical (unpaired) electrons. The highest BCUT2D eigenvalue weighted by Gasteiger charge is 2.16. The topological polar surface area (TPSA) is 106 Å². The van der Waals surface area contributed by atoms with Crippen molar-refractivity contribution in [1.29, 1.82) is 0 Å². The van der Waals surface area contributed by atoms with Crippen molar-refractivity contribution in [3.05, 3.63) is 24.7 Å². The average Bonchev–Trinajstić information content (AvgIpc) is 3.05. The SMILES string of the molecule is CCn1cnc(S(=O)(=O)NCCCc2ncn[nH]2)c1. The summed E-state index contributed by atoms with van der Waals surface area (Å²) in [4.78, 5) is 7.83. The Labute approximate surface area is 111 Å². The van der Waals surface area contributed by atoms with Crippen LogP contribution in [0.2, 0.25) is 0 Å². The molecule has 2 aromatic rings. The largest absolute Gasteiger partial charge is 0.336 e. The van der Waals surface area contributed by atoms with E-state index in [0.717, 1.165) is 5.82 Å². The van der Waals surface area contributed by atoms with Crippen LogP contribution < -0.4 is 4.72 Å². The third-order valence-corrected chi connectivity index (χ3v) is 3.94. The maximum absolute atomic E-state index is 11.9. The minimum Gasteiger partial charge on any atom is -0.336 e. The monoisotopic (exact) mass is 284 g/mol. The van der Waals surface area contributed by atoms with Gasteiger partial charge in [0.2, 0.25) is 0 Å². The number of rotatable bonds is 7. The van der Waals surface area contributed by atoms with Crippen LogP contribution in [0.15, 0.2) is 23.9 Å². The maximum atomic E-state index is 11.9. The summed E-state index contributed by atoms with van der Waals surface area (Å²) in [5.74, 6) is 0.745. The molecule has 0 unspecified atom stereocenters. The van der Waals surface area contributed by atoms with E-state index in [-0.39, 0.29) is 5.03 Å². The molecule has 0 saturated heterocycles. The van der Waals surface area contributed by atoms with Crippen LogP contribution in [0, 0.1) is 0 Å². The number of aryl methyl sites for hydroxylation is 2. The molecule has 2 heterocycles. The van der Waals surface area contributed by atoms with E-state index in [4.69, 9.17) is 0 Å². The molecule has 19 heavy (non-hydrogen) atoms. The van der Waals surface area contributed by atoms with Crippen LogP contribution in [-0.2, 0) is 23.0 Å². The fourth-order valence-corrected chi connectivity index (χ4v) is 2.56. The maximum Gasteiger partial charge on any atom is 0.259 e. The Kier molecular flexibility index (Phi) is 4.27. The predicted molar refractivity (Wildman–Crippen MR) is 67.8 cm³/mol. The molecule has 0 aliphatic heterocycles. The molecule has 0 bridgehead atoms. The summed E-state index contributed by atoms with van der Waals surface area (Å²) in [5.41, 5.74) is 0. The van der Waals surface area contributed by atoms with E-state index in [2.05, 4.69) is 24.9 Å². The van der Waals surface area contributed by atoms with E-state index in [0.29, 0.717) is 25.9 Å². The van der Waals surface area contributed by atoms with Crippen LogP contribution in [0.5, 0.6) is 0 Å². The number of imidazole rings is 1. The quantitative estimate of drug-likeness (QED) is 0.692. The number of hydrogen-bond acceptors (Lipinski definition) is 5. The predicted octanol–water partition coefficient (Wildman–Crippen LogP) is -0.0678. The molecule has 2 rings (SSSR count). The molecular formula is C10H16N6O2S. The number of sulfonamides is 1. The van der Waals surface area contributed by atoms with Crippen LogP contribution >= 0.6 is 0 Å². The number of hydrogen-bond donors (Lipinski definition) is 2. The van der Waals surface area contributed by atoms with Gasteiger partial charge in [-0.3, -0.25) is 5.10 Å². The van der Waals surface area contributed by atoms with E-state index in [1.54, 1.807) is 4.57 Å². The summed E-state index contributed by atoms with van der Waals surface area (Å²) >= 11 is 0. The number of H-pyrrole nitrogens is 1. The zero-order valence-electron chi connectivity index (χ0n) is 10.6. The van der Waals surface area contributed by atoms with E-state index in [9.17, 15) is 8.42 Å². The number of nitrogens with one attached hydrogen (secondary N) is 2. The van der Waals surface area contributed by atoms with E-state index >= 15 is 0 Å². The van der Waals surface area contributed by atoms with Crippen molar-refractivity contribution in [1.82, 2.24) is 29.5 Å². The second-order valence-electron chi connectivity index (χ2n) is 3.98. The molecule has 0 aliphatic rings. The zero-order chi connectivity index (χ0) is 13.7. The minimum absolute atomic E-state index is 0.0500. The first-order chi connectivity index (χ1) is 9.12. The third-order valence-electron chi connectivity index (χ3n) is 2.60. The van der Waals surface area contributed by atoms with Gasteiger partial charge in [0.05, 0.1) is 6.33 Å². The Morgan fingerprint density at radius 2 is 2.26 bits per heavy atom. The number of nitrogens with zero attached hydrogens (tertiary/aromatic N) is 4. The van der Waals surface area contributed by atoms with Gasteiger partial charge in [0, 0.05) is 25.7 Å². The summed E-state index contributed by atoms with van der Waals surface area (Å²) in [6.07, 6.45) is 5.73. The van der Waals surface area contributed by atoms with Crippen LogP contribution in [0.4, 0.5) is 0 Å². The van der Waals surface area contributed by atoms with E-state index in [1.807, 2.05) is 6.92 Å². The standard InChI is InChI=1S/C10H16N6O2S/c1-2-16-6-10(12-8-16)19(17,18)14-5-3-4-9-11-7-13-15-9/h6-8,14H,2-5H2,1H3,(H,11,13,15). The van der Waals surface area contributed by atoms with Crippen molar-refractivity contribution < 1.29 is 8.42 Å². The molecule has 9 heteroatoms. The Balaban J connectivity index is 1.84. The molecule has 0 aliphatic carbocycles. The van der Waals surface area contributed by atoms with Crippen molar-refractivity contribution in [3.8, 4) is 0 Å². The van der Waals surface area contributed by atoms with Gasteiger partial charge in [-0.25, -0.2) is 23.1 Å².